The fraction of sp³-hybridized carbons (Fsp3) is 0.833. The summed E-state index contributed by atoms with van der Waals surface area (Å²) in [5, 5.41) is 0. The van der Waals surface area contributed by atoms with Crippen molar-refractivity contribution < 1.29 is 57.8 Å². The number of halogens is 10. The molecule has 0 unspecified atom stereocenters. The predicted molar refractivity (Wildman–Crippen MR) is 68.5 cm³/mol. The molecule has 0 atom stereocenters. The van der Waals surface area contributed by atoms with Crippen LogP contribution in [0.3, 0.4) is 0 Å². The second kappa shape index (κ2) is 7.56. The lowest BCUT2D eigenvalue weighted by atomic mass is 10.4. The van der Waals surface area contributed by atoms with E-state index in [2.05, 4.69) is 13.0 Å². The van der Waals surface area contributed by atoms with Gasteiger partial charge < -0.3 is 13.9 Å². The molecular formula is C12H14F10NO2P. The van der Waals surface area contributed by atoms with Gasteiger partial charge >= 0.3 is 23.7 Å². The molecule has 3 nitrogen and oxygen atoms in total. The number of likely N-dealkylation sites (tertiary alicyclic amines) is 1. The normalized spacial score (nSPS) is 18.7. The fourth-order valence-electron chi connectivity index (χ4n) is 1.99. The van der Waals surface area contributed by atoms with E-state index in [1.54, 1.807) is 0 Å². The molecule has 1 rings (SSSR count). The summed E-state index contributed by atoms with van der Waals surface area (Å²) >= 11 is 0. The minimum absolute atomic E-state index is 0.917. The van der Waals surface area contributed by atoms with Gasteiger partial charge in [0.05, 0.1) is 20.1 Å². The first-order chi connectivity index (χ1) is 11.3. The Morgan fingerprint density at radius 2 is 1.23 bits per heavy atom. The van der Waals surface area contributed by atoms with Crippen molar-refractivity contribution >= 4 is 7.37 Å². The zero-order valence-electron chi connectivity index (χ0n) is 13.1. The lowest BCUT2D eigenvalue weighted by Gasteiger charge is -2.38. The third kappa shape index (κ3) is 4.84. The number of hydrogen-bond donors (Lipinski definition) is 0. The summed E-state index contributed by atoms with van der Waals surface area (Å²) in [4.78, 5) is 10.1. The van der Waals surface area contributed by atoms with Crippen LogP contribution in [0, 0.1) is 12.3 Å². The minimum atomic E-state index is -8.51. The molecule has 14 heteroatoms. The van der Waals surface area contributed by atoms with Gasteiger partial charge in [0.1, 0.15) is 6.54 Å². The van der Waals surface area contributed by atoms with Gasteiger partial charge in [-0.25, -0.2) is 0 Å². The van der Waals surface area contributed by atoms with E-state index < -0.39 is 31.0 Å². The third-order valence-electron chi connectivity index (χ3n) is 3.54. The highest BCUT2D eigenvalue weighted by Crippen LogP contribution is 2.72. The molecule has 0 saturated carbocycles. The van der Waals surface area contributed by atoms with Crippen molar-refractivity contribution in [2.75, 3.05) is 26.7 Å². The molecule has 1 heterocycles. The zero-order valence-corrected chi connectivity index (χ0v) is 14.0. The van der Waals surface area contributed by atoms with Crippen molar-refractivity contribution in [2.45, 2.75) is 36.5 Å². The molecule has 0 spiro atoms. The Morgan fingerprint density at radius 1 is 0.923 bits per heavy atom. The minimum Gasteiger partial charge on any atom is -0.790 e. The zero-order chi connectivity index (χ0) is 21.2. The Morgan fingerprint density at radius 3 is 1.46 bits per heavy atom. The molecule has 0 aromatic carbocycles. The molecule has 1 fully saturated rings. The molecule has 0 aromatic heterocycles. The highest BCUT2D eigenvalue weighted by atomic mass is 31.2. The predicted octanol–water partition coefficient (Wildman–Crippen LogP) is 3.80. The summed E-state index contributed by atoms with van der Waals surface area (Å²) < 4.78 is 128. The van der Waals surface area contributed by atoms with Crippen LogP contribution in [0.25, 0.3) is 0 Å². The Kier molecular flexibility index (Phi) is 7.27. The molecular weight excluding hydrogens is 411 g/mol. The van der Waals surface area contributed by atoms with E-state index in [0.717, 1.165) is 11.0 Å². The highest BCUT2D eigenvalue weighted by Gasteiger charge is 2.78. The van der Waals surface area contributed by atoms with Crippen LogP contribution in [-0.4, -0.2) is 54.8 Å². The van der Waals surface area contributed by atoms with E-state index in [0.29, 0.717) is 0 Å². The molecule has 1 aliphatic heterocycles. The van der Waals surface area contributed by atoms with Crippen molar-refractivity contribution in [3.63, 3.8) is 0 Å². The molecule has 1 saturated heterocycles. The fourth-order valence-corrected chi connectivity index (χ4v) is 3.01. The van der Waals surface area contributed by atoms with Crippen LogP contribution in [0.5, 0.6) is 0 Å². The lowest BCUT2D eigenvalue weighted by molar-refractivity contribution is -0.890. The number of quaternary nitrogens is 1. The number of terminal acetylenes is 1. The number of hydrogen-bond acceptors (Lipinski definition) is 2. The second-order valence-electron chi connectivity index (χ2n) is 5.77. The van der Waals surface area contributed by atoms with Crippen LogP contribution in [0.1, 0.15) is 12.8 Å². The van der Waals surface area contributed by atoms with Crippen molar-refractivity contribution in [3.8, 4) is 12.3 Å². The lowest BCUT2D eigenvalue weighted by Crippen LogP contribution is -2.50. The van der Waals surface area contributed by atoms with Crippen LogP contribution in [0.2, 0.25) is 0 Å². The van der Waals surface area contributed by atoms with E-state index >= 15 is 0 Å². The van der Waals surface area contributed by atoms with Crippen molar-refractivity contribution in [1.29, 1.82) is 0 Å². The van der Waals surface area contributed by atoms with Gasteiger partial charge in [-0.1, -0.05) is 0 Å². The maximum atomic E-state index is 12.1. The Bertz CT molecular complexity index is 542. The molecule has 0 N–H and O–H groups in total. The van der Waals surface area contributed by atoms with Gasteiger partial charge in [0.25, 0.3) is 0 Å². The van der Waals surface area contributed by atoms with E-state index in [4.69, 9.17) is 6.42 Å². The molecule has 26 heavy (non-hydrogen) atoms. The first kappa shape index (κ1) is 25.0. The van der Waals surface area contributed by atoms with Gasteiger partial charge in [-0.2, -0.15) is 43.9 Å². The smallest absolute Gasteiger partial charge is 0.459 e. The summed E-state index contributed by atoms with van der Waals surface area (Å²) in [7, 11) is -6.27. The number of alkyl halides is 10. The molecule has 0 aliphatic carbocycles. The van der Waals surface area contributed by atoms with Gasteiger partial charge in [-0.3, -0.25) is 0 Å². The van der Waals surface area contributed by atoms with Crippen LogP contribution in [0.4, 0.5) is 43.9 Å². The topological polar surface area (TPSA) is 40.1 Å². The van der Waals surface area contributed by atoms with E-state index in [-0.39, 0.29) is 0 Å². The quantitative estimate of drug-likeness (QED) is 0.299. The average Bonchev–Trinajstić information content (AvgIpc) is 2.83. The van der Waals surface area contributed by atoms with Gasteiger partial charge in [-0.15, -0.1) is 6.42 Å². The average molecular weight is 425 g/mol. The highest BCUT2D eigenvalue weighted by molar-refractivity contribution is 7.59. The molecule has 0 amide bonds. The maximum absolute atomic E-state index is 12.1. The van der Waals surface area contributed by atoms with Crippen LogP contribution >= 0.6 is 7.37 Å². The molecule has 0 bridgehead atoms. The maximum Gasteiger partial charge on any atom is 0.459 e. The summed E-state index contributed by atoms with van der Waals surface area (Å²) in [5.41, 5.74) is -14.4. The Balaban J connectivity index is 0.000000577. The molecule has 1 aliphatic rings. The summed E-state index contributed by atoms with van der Waals surface area (Å²) in [6.07, 6.45) is -6.22. The standard InChI is InChI=1S/C8H14N.C4HF10O2P/c1-3-6-9(2)7-4-5-8-9;5-1(6,7)3(11,12)17(15,16)4(13,14)2(8,9)10/h1H,4-8H2,2H3;(H,15,16)/q+1;/p-1. The second-order valence-corrected chi connectivity index (χ2v) is 7.99. The van der Waals surface area contributed by atoms with Gasteiger partial charge in [0.2, 0.25) is 0 Å². The van der Waals surface area contributed by atoms with Gasteiger partial charge in [0.15, 0.2) is 7.37 Å². The largest absolute Gasteiger partial charge is 0.790 e. The molecule has 0 aromatic rings. The summed E-state index contributed by atoms with van der Waals surface area (Å²) in [6, 6.07) is 0. The molecule has 0 radical (unpaired) electrons. The Hall–Kier alpha value is -0.990. The first-order valence-corrected chi connectivity index (χ1v) is 8.37. The number of rotatable bonds is 3. The van der Waals surface area contributed by atoms with E-state index in [1.165, 1.54) is 25.9 Å². The van der Waals surface area contributed by atoms with Gasteiger partial charge in [0, 0.05) is 12.8 Å². The van der Waals surface area contributed by atoms with Gasteiger partial charge in [-0.05, 0) is 5.92 Å². The van der Waals surface area contributed by atoms with E-state index in [1.807, 2.05) is 0 Å². The van der Waals surface area contributed by atoms with Crippen molar-refractivity contribution in [2.24, 2.45) is 0 Å². The SMILES string of the molecule is C#CC[N+]1(C)CCCC1.O=P([O-])(C(F)(F)C(F)(F)F)C(F)(F)C(F)(F)F. The summed E-state index contributed by atoms with van der Waals surface area (Å²) in [6.45, 7) is 3.48. The third-order valence-corrected chi connectivity index (χ3v) is 5.53. The molecule has 154 valence electrons. The van der Waals surface area contributed by atoms with Crippen LogP contribution < -0.4 is 4.89 Å². The summed E-state index contributed by atoms with van der Waals surface area (Å²) in [5.74, 6) is 2.72. The Labute approximate surface area is 142 Å². The van der Waals surface area contributed by atoms with Crippen molar-refractivity contribution in [1.82, 2.24) is 0 Å². The first-order valence-electron chi connectivity index (χ1n) is 6.74. The van der Waals surface area contributed by atoms with Crippen molar-refractivity contribution in [3.05, 3.63) is 0 Å². The van der Waals surface area contributed by atoms with E-state index in [9.17, 15) is 53.4 Å². The monoisotopic (exact) mass is 425 g/mol. The van der Waals surface area contributed by atoms with Crippen LogP contribution in [0.15, 0.2) is 0 Å². The number of nitrogens with zero attached hydrogens (tertiary/aromatic N) is 1. The van der Waals surface area contributed by atoms with Crippen LogP contribution in [-0.2, 0) is 4.57 Å².